The van der Waals surface area contributed by atoms with Gasteiger partial charge in [0, 0.05) is 17.3 Å². The zero-order valence-electron chi connectivity index (χ0n) is 20.4. The van der Waals surface area contributed by atoms with Crippen molar-refractivity contribution in [2.75, 3.05) is 18.6 Å². The van der Waals surface area contributed by atoms with Crippen molar-refractivity contribution in [2.45, 2.75) is 59.1 Å². The maximum Gasteiger partial charge on any atom is 0.427 e. The molecule has 33 heavy (non-hydrogen) atoms. The van der Waals surface area contributed by atoms with Gasteiger partial charge in [-0.25, -0.2) is 19.6 Å². The minimum Gasteiger partial charge on any atom is -0.492 e. The average molecular weight is 459 g/mol. The molecule has 2 rings (SSSR count). The van der Waals surface area contributed by atoms with Gasteiger partial charge in [-0.2, -0.15) is 0 Å². The molecule has 0 saturated heterocycles. The molecule has 0 aliphatic carbocycles. The summed E-state index contributed by atoms with van der Waals surface area (Å²) in [6, 6.07) is 8.95. The normalized spacial score (nSPS) is 13.2. The lowest BCUT2D eigenvalue weighted by Crippen LogP contribution is -2.43. The monoisotopic (exact) mass is 458 g/mol. The standard InChI is InChI=1S/C24H34N4O5/c1-16(2)14-24(6,25)15-32-18-10-8-17(9-11-18)19-12-13-26-20(27-19)28(21(29)31-7)22(30)33-23(3,4)5/h8-13,16H,14-15,25H2,1-7H3/t24-/m0/s1. The SMILES string of the molecule is COC(=O)N(C(=O)OC(C)(C)C)c1nccc(-c2ccc(OC[C@@](C)(N)CC(C)C)cc2)n1. The second kappa shape index (κ2) is 10.6. The number of hydrogen-bond donors (Lipinski definition) is 1. The highest BCUT2D eigenvalue weighted by atomic mass is 16.6. The number of benzene rings is 1. The maximum atomic E-state index is 12.6. The zero-order valence-corrected chi connectivity index (χ0v) is 20.4. The number of ether oxygens (including phenoxy) is 3. The number of aromatic nitrogens is 2. The van der Waals surface area contributed by atoms with Crippen LogP contribution in [0.25, 0.3) is 11.3 Å². The van der Waals surface area contributed by atoms with Crippen LogP contribution < -0.4 is 15.4 Å². The van der Waals surface area contributed by atoms with E-state index in [0.29, 0.717) is 28.9 Å². The third-order valence-electron chi connectivity index (χ3n) is 4.37. The molecule has 0 bridgehead atoms. The summed E-state index contributed by atoms with van der Waals surface area (Å²) in [6.45, 7) is 11.7. The van der Waals surface area contributed by atoms with Crippen LogP contribution in [-0.4, -0.2) is 47.0 Å². The fourth-order valence-corrected chi connectivity index (χ4v) is 3.22. The first-order valence-corrected chi connectivity index (χ1v) is 10.8. The van der Waals surface area contributed by atoms with Crippen LogP contribution in [0.4, 0.5) is 15.5 Å². The molecular formula is C24H34N4O5. The summed E-state index contributed by atoms with van der Waals surface area (Å²) in [7, 11) is 1.16. The highest BCUT2D eigenvalue weighted by molar-refractivity contribution is 6.08. The Balaban J connectivity index is 2.22. The second-order valence-corrected chi connectivity index (χ2v) is 9.59. The quantitative estimate of drug-likeness (QED) is 0.629. The van der Waals surface area contributed by atoms with Crippen molar-refractivity contribution < 1.29 is 23.8 Å². The van der Waals surface area contributed by atoms with Crippen molar-refractivity contribution in [3.8, 4) is 17.0 Å². The molecule has 180 valence electrons. The Labute approximate surface area is 195 Å². The molecule has 1 aromatic carbocycles. The summed E-state index contributed by atoms with van der Waals surface area (Å²) in [6.07, 6.45) is 0.426. The van der Waals surface area contributed by atoms with E-state index in [-0.39, 0.29) is 5.95 Å². The Kier molecular flexibility index (Phi) is 8.38. The molecule has 9 heteroatoms. The predicted octanol–water partition coefficient (Wildman–Crippen LogP) is 4.79. The lowest BCUT2D eigenvalue weighted by Gasteiger charge is -2.26. The Bertz CT molecular complexity index is 952. The van der Waals surface area contributed by atoms with Crippen LogP contribution in [0.2, 0.25) is 0 Å². The van der Waals surface area contributed by atoms with Crippen LogP contribution in [-0.2, 0) is 9.47 Å². The molecule has 2 N–H and O–H groups in total. The van der Waals surface area contributed by atoms with E-state index in [9.17, 15) is 9.59 Å². The van der Waals surface area contributed by atoms with Crippen LogP contribution in [0.3, 0.4) is 0 Å². The molecule has 2 aromatic rings. The summed E-state index contributed by atoms with van der Waals surface area (Å²) >= 11 is 0. The molecule has 0 unspecified atom stereocenters. The lowest BCUT2D eigenvalue weighted by molar-refractivity contribution is 0.0573. The summed E-state index contributed by atoms with van der Waals surface area (Å²) in [5.41, 5.74) is 6.33. The van der Waals surface area contributed by atoms with Gasteiger partial charge in [0.2, 0.25) is 5.95 Å². The van der Waals surface area contributed by atoms with Crippen LogP contribution in [0.15, 0.2) is 36.5 Å². The van der Waals surface area contributed by atoms with Gasteiger partial charge in [0.05, 0.1) is 12.8 Å². The number of methoxy groups -OCH3 is 1. The van der Waals surface area contributed by atoms with E-state index in [0.717, 1.165) is 19.1 Å². The van der Waals surface area contributed by atoms with E-state index in [4.69, 9.17) is 19.9 Å². The van der Waals surface area contributed by atoms with Gasteiger partial charge in [-0.15, -0.1) is 4.90 Å². The van der Waals surface area contributed by atoms with Crippen LogP contribution in [0.5, 0.6) is 5.75 Å². The summed E-state index contributed by atoms with van der Waals surface area (Å²) in [5, 5.41) is 0. The number of hydrogen-bond acceptors (Lipinski definition) is 8. The van der Waals surface area contributed by atoms with E-state index < -0.39 is 23.3 Å². The van der Waals surface area contributed by atoms with Gasteiger partial charge >= 0.3 is 12.2 Å². The molecule has 0 aliphatic rings. The first-order chi connectivity index (χ1) is 15.3. The number of anilines is 1. The fraction of sp³-hybridized carbons (Fsp3) is 0.500. The maximum absolute atomic E-state index is 12.6. The van der Waals surface area contributed by atoms with Crippen LogP contribution in [0, 0.1) is 5.92 Å². The Hall–Kier alpha value is -3.20. The van der Waals surface area contributed by atoms with E-state index in [1.54, 1.807) is 26.8 Å². The number of imide groups is 1. The highest BCUT2D eigenvalue weighted by Gasteiger charge is 2.32. The lowest BCUT2D eigenvalue weighted by atomic mass is 9.93. The van der Waals surface area contributed by atoms with Gasteiger partial charge in [0.15, 0.2) is 0 Å². The van der Waals surface area contributed by atoms with E-state index in [1.807, 2.05) is 31.2 Å². The number of nitrogens with two attached hydrogens (primary N) is 1. The first-order valence-electron chi connectivity index (χ1n) is 10.8. The molecule has 2 amide bonds. The zero-order chi connectivity index (χ0) is 24.8. The molecule has 1 atom stereocenters. The van der Waals surface area contributed by atoms with Gasteiger partial charge in [-0.05, 0) is 70.4 Å². The Morgan fingerprint density at radius 1 is 1.06 bits per heavy atom. The van der Waals surface area contributed by atoms with Gasteiger partial charge in [-0.3, -0.25) is 0 Å². The summed E-state index contributed by atoms with van der Waals surface area (Å²) in [5.74, 6) is 1.00. The number of carbonyl (C=O) groups excluding carboxylic acids is 2. The van der Waals surface area contributed by atoms with E-state index in [1.165, 1.54) is 6.20 Å². The number of amides is 2. The van der Waals surface area contributed by atoms with Gasteiger partial charge in [-0.1, -0.05) is 13.8 Å². The second-order valence-electron chi connectivity index (χ2n) is 9.59. The van der Waals surface area contributed by atoms with Crippen molar-refractivity contribution in [3.05, 3.63) is 36.5 Å². The fourth-order valence-electron chi connectivity index (χ4n) is 3.22. The molecule has 0 fully saturated rings. The van der Waals surface area contributed by atoms with Crippen molar-refractivity contribution in [1.82, 2.24) is 9.97 Å². The minimum absolute atomic E-state index is 0.151. The molecule has 0 saturated carbocycles. The highest BCUT2D eigenvalue weighted by Crippen LogP contribution is 2.24. The predicted molar refractivity (Wildman–Crippen MR) is 126 cm³/mol. The number of carbonyl (C=O) groups is 2. The summed E-state index contributed by atoms with van der Waals surface area (Å²) < 4.78 is 15.9. The topological polar surface area (TPSA) is 117 Å². The van der Waals surface area contributed by atoms with Crippen molar-refractivity contribution >= 4 is 18.1 Å². The molecular weight excluding hydrogens is 424 g/mol. The Morgan fingerprint density at radius 2 is 1.70 bits per heavy atom. The molecule has 9 nitrogen and oxygen atoms in total. The average Bonchev–Trinajstić information content (AvgIpc) is 2.71. The van der Waals surface area contributed by atoms with Crippen molar-refractivity contribution in [3.63, 3.8) is 0 Å². The molecule has 1 aromatic heterocycles. The Morgan fingerprint density at radius 3 is 2.24 bits per heavy atom. The van der Waals surface area contributed by atoms with E-state index >= 15 is 0 Å². The van der Waals surface area contributed by atoms with Gasteiger partial charge in [0.1, 0.15) is 18.0 Å². The van der Waals surface area contributed by atoms with Crippen LogP contribution >= 0.6 is 0 Å². The van der Waals surface area contributed by atoms with Crippen molar-refractivity contribution in [1.29, 1.82) is 0 Å². The summed E-state index contributed by atoms with van der Waals surface area (Å²) in [4.78, 5) is 33.9. The molecule has 0 radical (unpaired) electrons. The molecule has 1 heterocycles. The van der Waals surface area contributed by atoms with Crippen LogP contribution in [0.1, 0.15) is 48.0 Å². The molecule has 0 aliphatic heterocycles. The third kappa shape index (κ3) is 8.02. The van der Waals surface area contributed by atoms with Crippen molar-refractivity contribution in [2.24, 2.45) is 11.7 Å². The number of rotatable bonds is 7. The first kappa shape index (κ1) is 26.1. The van der Waals surface area contributed by atoms with Gasteiger partial charge < -0.3 is 19.9 Å². The smallest absolute Gasteiger partial charge is 0.427 e. The molecule has 0 spiro atoms. The largest absolute Gasteiger partial charge is 0.492 e. The van der Waals surface area contributed by atoms with Gasteiger partial charge in [0.25, 0.3) is 0 Å². The third-order valence-corrected chi connectivity index (χ3v) is 4.37. The minimum atomic E-state index is -0.948. The number of nitrogens with zero attached hydrogens (tertiary/aromatic N) is 3. The van der Waals surface area contributed by atoms with E-state index in [2.05, 4.69) is 23.8 Å².